The van der Waals surface area contributed by atoms with E-state index >= 15 is 0 Å². The quantitative estimate of drug-likeness (QED) is 0.420. The van der Waals surface area contributed by atoms with Crippen LogP contribution in [0.25, 0.3) is 0 Å². The SMILES string of the molecule is NNc1cc(Sc2nnnn2C2CCCC2)nc(N)n1. The van der Waals surface area contributed by atoms with Gasteiger partial charge in [0.05, 0.1) is 6.04 Å². The highest BCUT2D eigenvalue weighted by atomic mass is 32.2. The van der Waals surface area contributed by atoms with Crippen molar-refractivity contribution >= 4 is 23.5 Å². The summed E-state index contributed by atoms with van der Waals surface area (Å²) in [6.45, 7) is 0. The second kappa shape index (κ2) is 5.59. The van der Waals surface area contributed by atoms with Gasteiger partial charge in [-0.25, -0.2) is 15.5 Å². The highest BCUT2D eigenvalue weighted by molar-refractivity contribution is 7.99. The van der Waals surface area contributed by atoms with E-state index in [1.807, 2.05) is 4.68 Å². The lowest BCUT2D eigenvalue weighted by Gasteiger charge is -2.10. The Kier molecular flexibility index (Phi) is 3.65. The smallest absolute Gasteiger partial charge is 0.223 e. The first-order valence-electron chi connectivity index (χ1n) is 6.33. The molecule has 0 unspecified atom stereocenters. The van der Waals surface area contributed by atoms with Gasteiger partial charge in [0.15, 0.2) is 0 Å². The first kappa shape index (κ1) is 13.1. The van der Waals surface area contributed by atoms with Crippen LogP contribution in [-0.2, 0) is 0 Å². The van der Waals surface area contributed by atoms with Crippen molar-refractivity contribution in [1.29, 1.82) is 0 Å². The van der Waals surface area contributed by atoms with E-state index in [0.29, 0.717) is 22.0 Å². The summed E-state index contributed by atoms with van der Waals surface area (Å²) >= 11 is 1.35. The zero-order chi connectivity index (χ0) is 13.9. The van der Waals surface area contributed by atoms with Gasteiger partial charge in [-0.3, -0.25) is 0 Å². The Labute approximate surface area is 119 Å². The van der Waals surface area contributed by atoms with E-state index in [4.69, 9.17) is 11.6 Å². The molecule has 106 valence electrons. The van der Waals surface area contributed by atoms with Gasteiger partial charge in [0, 0.05) is 6.07 Å². The number of nitrogens with two attached hydrogens (primary N) is 2. The van der Waals surface area contributed by atoms with Gasteiger partial charge in [-0.15, -0.1) is 5.10 Å². The zero-order valence-electron chi connectivity index (χ0n) is 10.7. The molecular weight excluding hydrogens is 278 g/mol. The number of hydrogen-bond acceptors (Lipinski definition) is 9. The molecule has 2 aromatic rings. The van der Waals surface area contributed by atoms with Gasteiger partial charge in [-0.05, 0) is 35.0 Å². The molecule has 0 spiro atoms. The van der Waals surface area contributed by atoms with Gasteiger partial charge >= 0.3 is 0 Å². The predicted molar refractivity (Wildman–Crippen MR) is 73.7 cm³/mol. The van der Waals surface area contributed by atoms with Crippen LogP contribution in [0.15, 0.2) is 16.2 Å². The maximum Gasteiger partial charge on any atom is 0.223 e. The van der Waals surface area contributed by atoms with Gasteiger partial charge < -0.3 is 11.2 Å². The molecule has 0 bridgehead atoms. The van der Waals surface area contributed by atoms with Crippen LogP contribution in [0.3, 0.4) is 0 Å². The molecule has 0 atom stereocenters. The van der Waals surface area contributed by atoms with E-state index < -0.39 is 0 Å². The largest absolute Gasteiger partial charge is 0.368 e. The number of anilines is 2. The van der Waals surface area contributed by atoms with E-state index in [2.05, 4.69) is 30.9 Å². The summed E-state index contributed by atoms with van der Waals surface area (Å²) in [7, 11) is 0. The standard InChI is InChI=1S/C10H15N9S/c11-9-13-7(15-12)5-8(14-9)20-10-16-17-18-19(10)6-3-1-2-4-6/h5-6H,1-4,12H2,(H3,11,13,14,15). The molecule has 20 heavy (non-hydrogen) atoms. The van der Waals surface area contributed by atoms with Gasteiger partial charge in [-0.2, -0.15) is 4.98 Å². The second-order valence-electron chi connectivity index (χ2n) is 4.54. The number of rotatable bonds is 4. The van der Waals surface area contributed by atoms with Crippen LogP contribution in [0, 0.1) is 0 Å². The minimum Gasteiger partial charge on any atom is -0.368 e. The number of hydrazine groups is 1. The first-order chi connectivity index (χ1) is 9.76. The molecule has 1 aliphatic rings. The van der Waals surface area contributed by atoms with Crippen LogP contribution in [0.4, 0.5) is 11.8 Å². The molecule has 2 heterocycles. The van der Waals surface area contributed by atoms with Crippen LogP contribution in [0.2, 0.25) is 0 Å². The molecular formula is C10H15N9S. The van der Waals surface area contributed by atoms with Crippen LogP contribution in [-0.4, -0.2) is 30.2 Å². The maximum absolute atomic E-state index is 5.63. The highest BCUT2D eigenvalue weighted by Crippen LogP contribution is 2.33. The number of nitrogens with zero attached hydrogens (tertiary/aromatic N) is 6. The normalized spacial score (nSPS) is 15.7. The molecule has 0 aliphatic heterocycles. The Morgan fingerprint density at radius 3 is 2.85 bits per heavy atom. The molecule has 0 amide bonds. The lowest BCUT2D eigenvalue weighted by molar-refractivity contribution is 0.423. The summed E-state index contributed by atoms with van der Waals surface area (Å²) < 4.78 is 1.87. The number of aromatic nitrogens is 6. The summed E-state index contributed by atoms with van der Waals surface area (Å²) in [4.78, 5) is 8.09. The van der Waals surface area contributed by atoms with Crippen LogP contribution < -0.4 is 17.0 Å². The average molecular weight is 293 g/mol. The van der Waals surface area contributed by atoms with Crippen LogP contribution in [0.1, 0.15) is 31.7 Å². The van der Waals surface area contributed by atoms with Crippen molar-refractivity contribution in [2.24, 2.45) is 5.84 Å². The predicted octanol–water partition coefficient (Wildman–Crippen LogP) is 0.597. The molecule has 0 saturated heterocycles. The molecule has 1 fully saturated rings. The first-order valence-corrected chi connectivity index (χ1v) is 7.15. The van der Waals surface area contributed by atoms with Crippen molar-refractivity contribution in [2.75, 3.05) is 11.2 Å². The molecule has 10 heteroatoms. The summed E-state index contributed by atoms with van der Waals surface area (Å²) in [5, 5.41) is 13.2. The number of tetrazole rings is 1. The lowest BCUT2D eigenvalue weighted by atomic mass is 10.3. The number of nitrogens with one attached hydrogen (secondary N) is 1. The van der Waals surface area contributed by atoms with E-state index in [0.717, 1.165) is 12.8 Å². The number of hydrogen-bond donors (Lipinski definition) is 3. The van der Waals surface area contributed by atoms with E-state index in [1.165, 1.54) is 24.6 Å². The summed E-state index contributed by atoms with van der Waals surface area (Å²) in [6.07, 6.45) is 4.66. The monoisotopic (exact) mass is 293 g/mol. The third kappa shape index (κ3) is 2.65. The molecule has 9 nitrogen and oxygen atoms in total. The molecule has 0 aromatic carbocycles. The Bertz CT molecular complexity index is 592. The third-order valence-electron chi connectivity index (χ3n) is 3.20. The van der Waals surface area contributed by atoms with Crippen molar-refractivity contribution in [2.45, 2.75) is 41.9 Å². The molecule has 1 saturated carbocycles. The van der Waals surface area contributed by atoms with E-state index in [1.54, 1.807) is 6.07 Å². The van der Waals surface area contributed by atoms with Gasteiger partial charge in [0.1, 0.15) is 10.8 Å². The molecule has 2 aromatic heterocycles. The molecule has 3 rings (SSSR count). The van der Waals surface area contributed by atoms with Crippen LogP contribution >= 0.6 is 11.8 Å². The minimum absolute atomic E-state index is 0.155. The summed E-state index contributed by atoms with van der Waals surface area (Å²) in [5.74, 6) is 5.95. The second-order valence-corrected chi connectivity index (χ2v) is 5.53. The fraction of sp³-hybridized carbons (Fsp3) is 0.500. The van der Waals surface area contributed by atoms with Gasteiger partial charge in [-0.1, -0.05) is 12.8 Å². The van der Waals surface area contributed by atoms with Gasteiger partial charge in [0.25, 0.3) is 0 Å². The van der Waals surface area contributed by atoms with Crippen molar-refractivity contribution in [3.8, 4) is 0 Å². The zero-order valence-corrected chi connectivity index (χ0v) is 11.5. The summed E-state index contributed by atoms with van der Waals surface area (Å²) in [5.41, 5.74) is 8.09. The highest BCUT2D eigenvalue weighted by Gasteiger charge is 2.22. The maximum atomic E-state index is 5.63. The summed E-state index contributed by atoms with van der Waals surface area (Å²) in [6, 6.07) is 2.08. The van der Waals surface area contributed by atoms with E-state index in [-0.39, 0.29) is 5.95 Å². The fourth-order valence-corrected chi connectivity index (χ4v) is 3.15. The van der Waals surface area contributed by atoms with E-state index in [9.17, 15) is 0 Å². The minimum atomic E-state index is 0.155. The lowest BCUT2D eigenvalue weighted by Crippen LogP contribution is -2.11. The molecule has 0 radical (unpaired) electrons. The van der Waals surface area contributed by atoms with Crippen molar-refractivity contribution in [3.63, 3.8) is 0 Å². The third-order valence-corrected chi connectivity index (χ3v) is 4.07. The Morgan fingerprint density at radius 1 is 1.30 bits per heavy atom. The van der Waals surface area contributed by atoms with Crippen molar-refractivity contribution < 1.29 is 0 Å². The number of nitrogen functional groups attached to an aromatic ring is 2. The fourth-order valence-electron chi connectivity index (χ4n) is 2.29. The topological polar surface area (TPSA) is 133 Å². The molecule has 5 N–H and O–H groups in total. The Balaban J connectivity index is 1.84. The molecule has 1 aliphatic carbocycles. The Morgan fingerprint density at radius 2 is 2.10 bits per heavy atom. The van der Waals surface area contributed by atoms with Crippen molar-refractivity contribution in [1.82, 2.24) is 30.2 Å². The average Bonchev–Trinajstić information content (AvgIpc) is 3.08. The van der Waals surface area contributed by atoms with Crippen LogP contribution in [0.5, 0.6) is 0 Å². The van der Waals surface area contributed by atoms with Crippen molar-refractivity contribution in [3.05, 3.63) is 6.07 Å². The van der Waals surface area contributed by atoms with Gasteiger partial charge in [0.2, 0.25) is 11.1 Å². The Hall–Kier alpha value is -1.94.